The maximum atomic E-state index is 11.9. The fourth-order valence-electron chi connectivity index (χ4n) is 2.22. The number of nitrogens with zero attached hydrogens (tertiary/aromatic N) is 4. The summed E-state index contributed by atoms with van der Waals surface area (Å²) in [7, 11) is 1.39. The normalized spacial score (nSPS) is 31.3. The summed E-state index contributed by atoms with van der Waals surface area (Å²) in [6.45, 7) is -0.640. The predicted octanol–water partition coefficient (Wildman–Crippen LogP) is -1.76. The minimum Gasteiger partial charge on any atom is -0.391 e. The highest BCUT2D eigenvalue weighted by molar-refractivity contribution is 5.24. The van der Waals surface area contributed by atoms with Gasteiger partial charge in [0.2, 0.25) is 5.72 Å². The van der Waals surface area contributed by atoms with Crippen LogP contribution < -0.4 is 16.8 Å². The minimum atomic E-state index is -1.68. The lowest BCUT2D eigenvalue weighted by atomic mass is 9.97. The number of rotatable bonds is 4. The number of nitrogen functional groups attached to an aromatic ring is 1. The first-order valence-electron chi connectivity index (χ1n) is 6.32. The van der Waals surface area contributed by atoms with Gasteiger partial charge < -0.3 is 20.7 Å². The zero-order valence-corrected chi connectivity index (χ0v) is 11.7. The SMILES string of the molecule is C#C[C@@H]1[C@H](n2ccc(N)nc2=O)O[C@@](CO)(NN=NC)[C@H]1O. The zero-order valence-electron chi connectivity index (χ0n) is 11.7. The van der Waals surface area contributed by atoms with E-state index in [0.717, 1.165) is 4.57 Å². The van der Waals surface area contributed by atoms with Crippen LogP contribution in [0, 0.1) is 18.3 Å². The first kappa shape index (κ1) is 15.9. The molecule has 5 N–H and O–H groups in total. The van der Waals surface area contributed by atoms with E-state index in [-0.39, 0.29) is 5.82 Å². The van der Waals surface area contributed by atoms with Crippen molar-refractivity contribution >= 4 is 5.82 Å². The largest absolute Gasteiger partial charge is 0.391 e. The monoisotopic (exact) mass is 308 g/mol. The number of nitrogens with one attached hydrogen (secondary N) is 1. The Morgan fingerprint density at radius 3 is 3.00 bits per heavy atom. The van der Waals surface area contributed by atoms with Crippen LogP contribution in [0.15, 0.2) is 27.4 Å². The fraction of sp³-hybridized carbons (Fsp3) is 0.500. The standard InChI is InChI=1S/C12H16N6O4/c1-3-7-9(20)12(6-19,16-17-14-2)22-10(7)18-5-4-8(13)15-11(18)21/h1,4-5,7,9-10,19-20H,6H2,2H3,(H,14,16)(H2,13,15,21)/t7-,9-,10+,12+/m0/s1. The van der Waals surface area contributed by atoms with E-state index in [2.05, 4.69) is 26.7 Å². The average Bonchev–Trinajstić information content (AvgIpc) is 2.78. The van der Waals surface area contributed by atoms with Gasteiger partial charge in [0.15, 0.2) is 6.23 Å². The number of anilines is 1. The molecular formula is C12H16N6O4. The summed E-state index contributed by atoms with van der Waals surface area (Å²) in [6.07, 6.45) is 4.39. The molecule has 118 valence electrons. The molecule has 0 amide bonds. The summed E-state index contributed by atoms with van der Waals surface area (Å²) < 4.78 is 6.69. The van der Waals surface area contributed by atoms with Crippen molar-refractivity contribution in [1.29, 1.82) is 0 Å². The van der Waals surface area contributed by atoms with Crippen molar-refractivity contribution in [2.24, 2.45) is 16.3 Å². The van der Waals surface area contributed by atoms with Crippen LogP contribution in [0.1, 0.15) is 6.23 Å². The van der Waals surface area contributed by atoms with Crippen LogP contribution in [0.2, 0.25) is 0 Å². The molecule has 2 heterocycles. The molecule has 10 nitrogen and oxygen atoms in total. The van der Waals surface area contributed by atoms with E-state index < -0.39 is 36.3 Å². The number of hydrogen-bond donors (Lipinski definition) is 4. The highest BCUT2D eigenvalue weighted by Crippen LogP contribution is 2.39. The van der Waals surface area contributed by atoms with E-state index >= 15 is 0 Å². The Labute approximate surface area is 125 Å². The van der Waals surface area contributed by atoms with E-state index in [1.807, 2.05) is 0 Å². The highest BCUT2D eigenvalue weighted by atomic mass is 16.6. The van der Waals surface area contributed by atoms with Gasteiger partial charge in [0.05, 0.1) is 19.6 Å². The molecule has 1 fully saturated rings. The summed E-state index contributed by atoms with van der Waals surface area (Å²) in [6, 6.07) is 1.39. The third-order valence-electron chi connectivity index (χ3n) is 3.35. The van der Waals surface area contributed by atoms with Gasteiger partial charge in [0.1, 0.15) is 11.9 Å². The molecular weight excluding hydrogens is 292 g/mol. The maximum absolute atomic E-state index is 11.9. The van der Waals surface area contributed by atoms with E-state index in [1.54, 1.807) is 0 Å². The second-order valence-corrected chi connectivity index (χ2v) is 4.65. The molecule has 22 heavy (non-hydrogen) atoms. The number of ether oxygens (including phenoxy) is 1. The Morgan fingerprint density at radius 1 is 1.73 bits per heavy atom. The quantitative estimate of drug-likeness (QED) is 0.292. The van der Waals surface area contributed by atoms with Crippen LogP contribution in [0.5, 0.6) is 0 Å². The number of nitrogens with two attached hydrogens (primary N) is 1. The Bertz CT molecular complexity index is 668. The number of aromatic nitrogens is 2. The molecule has 0 radical (unpaired) electrons. The summed E-state index contributed by atoms with van der Waals surface area (Å²) >= 11 is 0. The molecule has 1 aliphatic rings. The molecule has 2 rings (SSSR count). The van der Waals surface area contributed by atoms with Gasteiger partial charge in [-0.05, 0) is 6.07 Å². The van der Waals surface area contributed by atoms with E-state index in [9.17, 15) is 15.0 Å². The van der Waals surface area contributed by atoms with Crippen molar-refractivity contribution in [1.82, 2.24) is 15.0 Å². The van der Waals surface area contributed by atoms with Gasteiger partial charge in [-0.3, -0.25) is 9.99 Å². The number of hydrogen-bond acceptors (Lipinski definition) is 8. The number of aliphatic hydroxyl groups excluding tert-OH is 2. The van der Waals surface area contributed by atoms with Crippen molar-refractivity contribution in [3.8, 4) is 12.3 Å². The molecule has 10 heteroatoms. The molecule has 0 saturated carbocycles. The zero-order chi connectivity index (χ0) is 16.3. The topological polar surface area (TPSA) is 147 Å². The summed E-state index contributed by atoms with van der Waals surface area (Å²) in [5.41, 5.74) is 5.48. The molecule has 0 aromatic carbocycles. The van der Waals surface area contributed by atoms with Crippen molar-refractivity contribution in [2.75, 3.05) is 19.4 Å². The first-order valence-corrected chi connectivity index (χ1v) is 6.32. The predicted molar refractivity (Wildman–Crippen MR) is 75.1 cm³/mol. The van der Waals surface area contributed by atoms with Gasteiger partial charge in [-0.15, -0.1) is 6.42 Å². The summed E-state index contributed by atoms with van der Waals surface area (Å²) in [4.78, 5) is 15.5. The van der Waals surface area contributed by atoms with Gasteiger partial charge in [-0.25, -0.2) is 4.79 Å². The third kappa shape index (κ3) is 2.52. The second kappa shape index (κ2) is 6.10. The molecule has 0 unspecified atom stereocenters. The number of aliphatic hydroxyl groups is 2. The average molecular weight is 308 g/mol. The van der Waals surface area contributed by atoms with Crippen LogP contribution in [0.25, 0.3) is 0 Å². The minimum absolute atomic E-state index is 0.0448. The van der Waals surface area contributed by atoms with E-state index in [4.69, 9.17) is 16.9 Å². The maximum Gasteiger partial charge on any atom is 0.351 e. The van der Waals surface area contributed by atoms with E-state index in [0.29, 0.717) is 0 Å². The number of terminal acetylenes is 1. The lowest BCUT2D eigenvalue weighted by Crippen LogP contribution is -2.54. The first-order chi connectivity index (χ1) is 10.5. The Kier molecular flexibility index (Phi) is 4.41. The van der Waals surface area contributed by atoms with Gasteiger partial charge in [-0.2, -0.15) is 10.1 Å². The van der Waals surface area contributed by atoms with Gasteiger partial charge in [0, 0.05) is 6.20 Å². The molecule has 1 aromatic rings. The molecule has 1 aliphatic heterocycles. The van der Waals surface area contributed by atoms with Crippen LogP contribution in [0.4, 0.5) is 5.82 Å². The van der Waals surface area contributed by atoms with Crippen molar-refractivity contribution in [2.45, 2.75) is 18.1 Å². The Morgan fingerprint density at radius 2 is 2.45 bits per heavy atom. The molecule has 1 saturated heterocycles. The van der Waals surface area contributed by atoms with Crippen LogP contribution in [-0.4, -0.2) is 45.2 Å². The van der Waals surface area contributed by atoms with Gasteiger partial charge in [-0.1, -0.05) is 11.1 Å². The van der Waals surface area contributed by atoms with Crippen molar-refractivity contribution in [3.05, 3.63) is 22.7 Å². The molecule has 1 aromatic heterocycles. The Balaban J connectivity index is 2.44. The lowest BCUT2D eigenvalue weighted by molar-refractivity contribution is -0.149. The molecule has 0 aliphatic carbocycles. The van der Waals surface area contributed by atoms with Crippen molar-refractivity contribution in [3.63, 3.8) is 0 Å². The Hall–Kier alpha value is -2.48. The molecule has 4 atom stereocenters. The third-order valence-corrected chi connectivity index (χ3v) is 3.35. The molecule has 0 bridgehead atoms. The smallest absolute Gasteiger partial charge is 0.351 e. The molecule has 0 spiro atoms. The fourth-order valence-corrected chi connectivity index (χ4v) is 2.22. The summed E-state index contributed by atoms with van der Waals surface area (Å²) in [5.74, 6) is 1.48. The van der Waals surface area contributed by atoms with Gasteiger partial charge >= 0.3 is 5.69 Å². The summed E-state index contributed by atoms with van der Waals surface area (Å²) in [5, 5.41) is 26.9. The van der Waals surface area contributed by atoms with Crippen LogP contribution in [0.3, 0.4) is 0 Å². The second-order valence-electron chi connectivity index (χ2n) is 4.65. The van der Waals surface area contributed by atoms with Crippen LogP contribution in [-0.2, 0) is 4.74 Å². The van der Waals surface area contributed by atoms with Gasteiger partial charge in [0.25, 0.3) is 0 Å². The lowest BCUT2D eigenvalue weighted by Gasteiger charge is -2.28. The highest BCUT2D eigenvalue weighted by Gasteiger charge is 2.55. The van der Waals surface area contributed by atoms with Crippen molar-refractivity contribution < 1.29 is 14.9 Å². The van der Waals surface area contributed by atoms with E-state index in [1.165, 1.54) is 19.3 Å². The van der Waals surface area contributed by atoms with Crippen LogP contribution >= 0.6 is 0 Å².